The Bertz CT molecular complexity index is 282. The van der Waals surface area contributed by atoms with Crippen molar-refractivity contribution < 1.29 is 0 Å². The van der Waals surface area contributed by atoms with E-state index in [1.54, 1.807) is 19.3 Å². The van der Waals surface area contributed by atoms with Crippen LogP contribution in [0.15, 0.2) is 12.2 Å². The minimum Gasteiger partial charge on any atom is -0.305 e. The van der Waals surface area contributed by atoms with Crippen LogP contribution in [0.3, 0.4) is 0 Å². The third-order valence-electron chi connectivity index (χ3n) is 5.54. The second kappa shape index (κ2) is 3.35. The highest BCUT2D eigenvalue weighted by Gasteiger charge is 2.51. The van der Waals surface area contributed by atoms with Gasteiger partial charge >= 0.3 is 0 Å². The first-order valence-corrected chi connectivity index (χ1v) is 7.26. The molecule has 0 saturated heterocycles. The molecule has 1 atom stereocenters. The van der Waals surface area contributed by atoms with Gasteiger partial charge in [-0.1, -0.05) is 12.2 Å². The van der Waals surface area contributed by atoms with Crippen LogP contribution >= 0.6 is 0 Å². The van der Waals surface area contributed by atoms with Crippen molar-refractivity contribution in [2.45, 2.75) is 62.9 Å². The fourth-order valence-corrected chi connectivity index (χ4v) is 5.43. The maximum atomic E-state index is 4.04. The zero-order chi connectivity index (χ0) is 10.6. The van der Waals surface area contributed by atoms with Crippen LogP contribution in [0.25, 0.3) is 0 Å². The lowest BCUT2D eigenvalue weighted by Crippen LogP contribution is -2.60. The highest BCUT2D eigenvalue weighted by molar-refractivity contribution is 5.11. The van der Waals surface area contributed by atoms with Gasteiger partial charge in [-0.3, -0.25) is 0 Å². The van der Waals surface area contributed by atoms with Crippen LogP contribution in [0.5, 0.6) is 0 Å². The average molecular weight is 217 g/mol. The maximum absolute atomic E-state index is 4.04. The monoisotopic (exact) mass is 217 g/mol. The quantitative estimate of drug-likeness (QED) is 0.700. The first-order chi connectivity index (χ1) is 7.81. The van der Waals surface area contributed by atoms with Crippen molar-refractivity contribution in [3.8, 4) is 0 Å². The summed E-state index contributed by atoms with van der Waals surface area (Å²) in [6.45, 7) is 0. The molecule has 0 aromatic rings. The van der Waals surface area contributed by atoms with E-state index in [9.17, 15) is 0 Å². The van der Waals surface area contributed by atoms with Gasteiger partial charge in [-0.2, -0.15) is 0 Å². The molecule has 4 saturated carbocycles. The van der Waals surface area contributed by atoms with Gasteiger partial charge in [0.05, 0.1) is 0 Å². The summed E-state index contributed by atoms with van der Waals surface area (Å²) in [6.07, 6.45) is 16.6. The Hall–Kier alpha value is -0.300. The van der Waals surface area contributed by atoms with Gasteiger partial charge in [-0.05, 0) is 69.1 Å². The van der Waals surface area contributed by atoms with E-state index in [2.05, 4.69) is 17.5 Å². The van der Waals surface area contributed by atoms with Gasteiger partial charge in [0, 0.05) is 11.6 Å². The zero-order valence-corrected chi connectivity index (χ0v) is 10.1. The van der Waals surface area contributed by atoms with Crippen molar-refractivity contribution in [1.82, 2.24) is 5.32 Å². The lowest BCUT2D eigenvalue weighted by atomic mass is 9.53. The van der Waals surface area contributed by atoms with Crippen molar-refractivity contribution in [2.75, 3.05) is 0 Å². The summed E-state index contributed by atoms with van der Waals surface area (Å²) >= 11 is 0. The van der Waals surface area contributed by atoms with Crippen molar-refractivity contribution in [2.24, 2.45) is 17.8 Å². The Morgan fingerprint density at radius 1 is 0.938 bits per heavy atom. The van der Waals surface area contributed by atoms with Gasteiger partial charge in [0.25, 0.3) is 0 Å². The third-order valence-corrected chi connectivity index (χ3v) is 5.54. The molecule has 1 nitrogen and oxygen atoms in total. The molecular weight excluding hydrogens is 194 g/mol. The average Bonchev–Trinajstić information content (AvgIpc) is 2.66. The van der Waals surface area contributed by atoms with E-state index in [0.717, 1.165) is 17.8 Å². The Morgan fingerprint density at radius 2 is 1.56 bits per heavy atom. The summed E-state index contributed by atoms with van der Waals surface area (Å²) in [4.78, 5) is 0. The summed E-state index contributed by atoms with van der Waals surface area (Å²) in [7, 11) is 0. The fraction of sp³-hybridized carbons (Fsp3) is 0.867. The summed E-state index contributed by atoms with van der Waals surface area (Å²) in [5, 5.41) is 4.04. The normalized spacial score (nSPS) is 53.8. The molecule has 4 bridgehead atoms. The van der Waals surface area contributed by atoms with E-state index < -0.39 is 0 Å². The van der Waals surface area contributed by atoms with Crippen LogP contribution < -0.4 is 5.32 Å². The highest BCUT2D eigenvalue weighted by atomic mass is 15.0. The fourth-order valence-electron chi connectivity index (χ4n) is 5.43. The molecule has 1 N–H and O–H groups in total. The number of hydrogen-bond donors (Lipinski definition) is 1. The van der Waals surface area contributed by atoms with E-state index in [0.29, 0.717) is 11.6 Å². The molecule has 5 aliphatic carbocycles. The van der Waals surface area contributed by atoms with Gasteiger partial charge in [-0.15, -0.1) is 0 Å². The van der Waals surface area contributed by atoms with E-state index in [4.69, 9.17) is 0 Å². The molecule has 88 valence electrons. The van der Waals surface area contributed by atoms with E-state index in [1.807, 2.05) is 0 Å². The van der Waals surface area contributed by atoms with Gasteiger partial charge in [0.2, 0.25) is 0 Å². The van der Waals surface area contributed by atoms with E-state index in [-0.39, 0.29) is 0 Å². The van der Waals surface area contributed by atoms with Crippen molar-refractivity contribution in [3.05, 3.63) is 12.2 Å². The predicted octanol–water partition coefficient (Wildman–Crippen LogP) is 3.26. The second-order valence-corrected chi connectivity index (χ2v) is 6.95. The Labute approximate surface area is 98.7 Å². The molecule has 0 aromatic heterocycles. The molecular formula is C15H23N. The first kappa shape index (κ1) is 9.70. The lowest BCUT2D eigenvalue weighted by molar-refractivity contribution is -0.0228. The van der Waals surface area contributed by atoms with E-state index >= 15 is 0 Å². The molecule has 5 aliphatic rings. The van der Waals surface area contributed by atoms with Crippen LogP contribution in [0.4, 0.5) is 0 Å². The molecule has 0 heterocycles. The van der Waals surface area contributed by atoms with Crippen molar-refractivity contribution in [3.63, 3.8) is 0 Å². The predicted molar refractivity (Wildman–Crippen MR) is 66.2 cm³/mol. The number of allylic oxidation sites excluding steroid dienone is 1. The van der Waals surface area contributed by atoms with Crippen molar-refractivity contribution in [1.29, 1.82) is 0 Å². The number of rotatable bonds is 2. The van der Waals surface area contributed by atoms with E-state index in [1.165, 1.54) is 32.1 Å². The zero-order valence-electron chi connectivity index (χ0n) is 10.1. The standard InChI is InChI=1S/C15H23N/c1-2-4-14(3-1)16-15-8-11-5-12(9-15)7-13(6-11)10-15/h1,3,11-14,16H,2,4-10H2. The molecule has 1 unspecified atom stereocenters. The molecule has 16 heavy (non-hydrogen) atoms. The number of hydrogen-bond acceptors (Lipinski definition) is 1. The maximum Gasteiger partial charge on any atom is 0.0258 e. The molecule has 0 amide bonds. The van der Waals surface area contributed by atoms with Crippen LogP contribution in [-0.2, 0) is 0 Å². The lowest BCUT2D eigenvalue weighted by Gasteiger charge is -2.57. The Morgan fingerprint density at radius 3 is 2.06 bits per heavy atom. The summed E-state index contributed by atoms with van der Waals surface area (Å²) in [5.74, 6) is 3.22. The minimum atomic E-state index is 0.564. The molecule has 0 aromatic carbocycles. The molecule has 0 spiro atoms. The Kier molecular flexibility index (Phi) is 2.03. The van der Waals surface area contributed by atoms with Crippen LogP contribution in [-0.4, -0.2) is 11.6 Å². The molecule has 5 rings (SSSR count). The SMILES string of the molecule is C1=CC(NC23CC4CC(CC(C4)C2)C3)CC1. The molecule has 0 aliphatic heterocycles. The Balaban J connectivity index is 1.54. The summed E-state index contributed by atoms with van der Waals surface area (Å²) in [5.41, 5.74) is 0.564. The highest BCUT2D eigenvalue weighted by Crippen LogP contribution is 2.55. The topological polar surface area (TPSA) is 12.0 Å². The largest absolute Gasteiger partial charge is 0.305 e. The van der Waals surface area contributed by atoms with Crippen LogP contribution in [0.1, 0.15) is 51.4 Å². The van der Waals surface area contributed by atoms with Crippen LogP contribution in [0, 0.1) is 17.8 Å². The smallest absolute Gasteiger partial charge is 0.0258 e. The van der Waals surface area contributed by atoms with Crippen molar-refractivity contribution >= 4 is 0 Å². The minimum absolute atomic E-state index is 0.564. The first-order valence-electron chi connectivity index (χ1n) is 7.26. The molecule has 1 heteroatoms. The van der Waals surface area contributed by atoms with Gasteiger partial charge in [0.15, 0.2) is 0 Å². The van der Waals surface area contributed by atoms with Crippen LogP contribution in [0.2, 0.25) is 0 Å². The summed E-state index contributed by atoms with van der Waals surface area (Å²) in [6, 6.07) is 0.705. The summed E-state index contributed by atoms with van der Waals surface area (Å²) < 4.78 is 0. The molecule has 4 fully saturated rings. The van der Waals surface area contributed by atoms with Gasteiger partial charge in [-0.25, -0.2) is 0 Å². The number of nitrogens with one attached hydrogen (secondary N) is 1. The second-order valence-electron chi connectivity index (χ2n) is 6.95. The third kappa shape index (κ3) is 1.48. The van der Waals surface area contributed by atoms with Gasteiger partial charge in [0.1, 0.15) is 0 Å². The van der Waals surface area contributed by atoms with Gasteiger partial charge < -0.3 is 5.32 Å². The molecule has 0 radical (unpaired) electrons.